The molecule has 0 atom stereocenters. The second-order valence-corrected chi connectivity index (χ2v) is 13.1. The Kier molecular flexibility index (Phi) is 8.09. The van der Waals surface area contributed by atoms with Crippen LogP contribution < -0.4 is 0 Å². The number of hydrogen-bond donors (Lipinski definition) is 0. The van der Waals surface area contributed by atoms with Crippen LogP contribution >= 0.6 is 11.3 Å². The number of benzene rings is 2. The van der Waals surface area contributed by atoms with Crippen molar-refractivity contribution in [2.45, 2.75) is 65.3 Å². The average Bonchev–Trinajstić information content (AvgIpc) is 3.56. The summed E-state index contributed by atoms with van der Waals surface area (Å²) < 4.78 is 2.27. The molecule has 2 aromatic carbocycles. The molecule has 0 bridgehead atoms. The number of carbonyl (C=O) groups is 1. The number of thiophene rings is 1. The maximum absolute atomic E-state index is 13.0. The van der Waals surface area contributed by atoms with E-state index in [1.54, 1.807) is 23.8 Å². The molecular formula is C36H44N2OS. The standard InChI is InChI=1S/C36H42N2OS.H2/c1-4-10-26-15-17-27(18-16-26)33-24-38(23-29-22-37(3)34-14-9-8-13-30(29)34)20-19-31(33)32-21-35(40-36(32)25(2)39)28-11-6-5-7-12-28;/h5-9,11-14,21-22,26-27H,4,10,15-20,23-24H2,1-3H3;1H. The average molecular weight is 553 g/mol. The van der Waals surface area contributed by atoms with Crippen LogP contribution in [0, 0.1) is 11.8 Å². The molecule has 4 aromatic rings. The van der Waals surface area contributed by atoms with E-state index in [1.165, 1.54) is 76.6 Å². The normalized spacial score (nSPS) is 20.4. The molecule has 1 aliphatic carbocycles. The van der Waals surface area contributed by atoms with Gasteiger partial charge in [-0.1, -0.05) is 68.3 Å². The van der Waals surface area contributed by atoms with E-state index >= 15 is 0 Å². The van der Waals surface area contributed by atoms with E-state index in [2.05, 4.69) is 90.3 Å². The van der Waals surface area contributed by atoms with Crippen molar-refractivity contribution in [3.63, 3.8) is 0 Å². The van der Waals surface area contributed by atoms with Crippen LogP contribution in [0.25, 0.3) is 26.9 Å². The van der Waals surface area contributed by atoms with Crippen molar-refractivity contribution in [2.24, 2.45) is 18.9 Å². The van der Waals surface area contributed by atoms with Crippen LogP contribution in [0.5, 0.6) is 0 Å². The molecule has 1 saturated carbocycles. The Morgan fingerprint density at radius 1 is 1.02 bits per heavy atom. The Balaban J connectivity index is 0.00000337. The van der Waals surface area contributed by atoms with Gasteiger partial charge in [-0.2, -0.15) is 0 Å². The van der Waals surface area contributed by atoms with Gasteiger partial charge in [-0.15, -0.1) is 11.3 Å². The zero-order chi connectivity index (χ0) is 27.6. The van der Waals surface area contributed by atoms with Gasteiger partial charge in [-0.3, -0.25) is 9.69 Å². The SMILES string of the molecule is CCCC1CCC(C2=C(c3cc(-c4ccccc4)sc3C(C)=O)CCN(Cc3cn(C)c4ccccc34)C2)CC1.[HH]. The predicted octanol–water partition coefficient (Wildman–Crippen LogP) is 9.62. The number of aromatic nitrogens is 1. The van der Waals surface area contributed by atoms with Gasteiger partial charge in [0, 0.05) is 50.1 Å². The Morgan fingerprint density at radius 2 is 1.77 bits per heavy atom. The maximum Gasteiger partial charge on any atom is 0.170 e. The third kappa shape index (κ3) is 5.49. The Labute approximate surface area is 245 Å². The van der Waals surface area contributed by atoms with Crippen molar-refractivity contribution in [3.05, 3.63) is 88.4 Å². The lowest BCUT2D eigenvalue weighted by Crippen LogP contribution is -2.34. The van der Waals surface area contributed by atoms with Gasteiger partial charge >= 0.3 is 0 Å². The first-order chi connectivity index (χ1) is 19.5. The Hall–Kier alpha value is -2.95. The molecule has 210 valence electrons. The van der Waals surface area contributed by atoms with Crippen LogP contribution in [0.1, 0.15) is 81.0 Å². The summed E-state index contributed by atoms with van der Waals surface area (Å²) in [5.41, 5.74) is 8.22. The molecule has 0 radical (unpaired) electrons. The molecule has 0 amide bonds. The summed E-state index contributed by atoms with van der Waals surface area (Å²) in [7, 11) is 2.16. The molecule has 40 heavy (non-hydrogen) atoms. The summed E-state index contributed by atoms with van der Waals surface area (Å²) in [4.78, 5) is 17.8. The van der Waals surface area contributed by atoms with E-state index in [9.17, 15) is 4.79 Å². The fourth-order valence-electron chi connectivity index (χ4n) is 7.29. The van der Waals surface area contributed by atoms with Crippen LogP contribution in [-0.4, -0.2) is 28.3 Å². The van der Waals surface area contributed by atoms with E-state index in [-0.39, 0.29) is 7.21 Å². The van der Waals surface area contributed by atoms with Crippen LogP contribution in [0.2, 0.25) is 0 Å². The van der Waals surface area contributed by atoms with E-state index in [0.29, 0.717) is 5.92 Å². The third-order valence-electron chi connectivity index (χ3n) is 9.30. The Bertz CT molecular complexity index is 1520. The highest BCUT2D eigenvalue weighted by molar-refractivity contribution is 7.17. The van der Waals surface area contributed by atoms with Gasteiger partial charge < -0.3 is 4.57 Å². The number of hydrogen-bond acceptors (Lipinski definition) is 3. The summed E-state index contributed by atoms with van der Waals surface area (Å²) >= 11 is 1.68. The summed E-state index contributed by atoms with van der Waals surface area (Å²) in [6.45, 7) is 7.08. The molecule has 0 spiro atoms. The molecule has 3 heterocycles. The van der Waals surface area contributed by atoms with E-state index in [1.807, 2.05) is 0 Å². The van der Waals surface area contributed by atoms with E-state index in [0.717, 1.165) is 36.9 Å². The number of ketones is 1. The van der Waals surface area contributed by atoms with Crippen LogP contribution in [0.3, 0.4) is 0 Å². The van der Waals surface area contributed by atoms with Crippen molar-refractivity contribution in [3.8, 4) is 10.4 Å². The molecule has 0 saturated heterocycles. The topological polar surface area (TPSA) is 25.2 Å². The maximum atomic E-state index is 13.0. The first-order valence-corrected chi connectivity index (χ1v) is 16.0. The highest BCUT2D eigenvalue weighted by atomic mass is 32.1. The first-order valence-electron chi connectivity index (χ1n) is 15.2. The third-order valence-corrected chi connectivity index (χ3v) is 10.6. The van der Waals surface area contributed by atoms with Gasteiger partial charge in [-0.05, 0) is 90.8 Å². The highest BCUT2D eigenvalue weighted by Crippen LogP contribution is 2.44. The van der Waals surface area contributed by atoms with Gasteiger partial charge in [0.05, 0.1) is 4.88 Å². The second-order valence-electron chi connectivity index (χ2n) is 12.0. The van der Waals surface area contributed by atoms with Crippen molar-refractivity contribution in [2.75, 3.05) is 13.1 Å². The zero-order valence-corrected chi connectivity index (χ0v) is 25.1. The monoisotopic (exact) mass is 552 g/mol. The van der Waals surface area contributed by atoms with Crippen LogP contribution in [0.15, 0.2) is 72.4 Å². The number of Topliss-reactive ketones (excluding diaryl/α,β-unsaturated/α-hetero) is 1. The van der Waals surface area contributed by atoms with E-state index < -0.39 is 0 Å². The van der Waals surface area contributed by atoms with Crippen molar-refractivity contribution < 1.29 is 6.22 Å². The summed E-state index contributed by atoms with van der Waals surface area (Å²) in [6, 6.07) is 21.7. The molecule has 1 aliphatic heterocycles. The molecule has 2 aliphatic rings. The smallest absolute Gasteiger partial charge is 0.170 e. The number of rotatable bonds is 8. The summed E-state index contributed by atoms with van der Waals surface area (Å²) in [6.07, 6.45) is 11.3. The lowest BCUT2D eigenvalue weighted by Gasteiger charge is -2.37. The fourth-order valence-corrected chi connectivity index (χ4v) is 8.37. The summed E-state index contributed by atoms with van der Waals surface area (Å²) in [5, 5.41) is 1.37. The number of nitrogens with zero attached hydrogens (tertiary/aromatic N) is 2. The molecule has 2 aromatic heterocycles. The van der Waals surface area contributed by atoms with Gasteiger partial charge in [0.1, 0.15) is 0 Å². The van der Waals surface area contributed by atoms with Crippen molar-refractivity contribution in [1.82, 2.24) is 9.47 Å². The molecule has 0 unspecified atom stereocenters. The molecule has 3 nitrogen and oxygen atoms in total. The van der Waals surface area contributed by atoms with Crippen molar-refractivity contribution >= 4 is 33.6 Å². The molecular weight excluding hydrogens is 508 g/mol. The van der Waals surface area contributed by atoms with Gasteiger partial charge in [0.25, 0.3) is 0 Å². The van der Waals surface area contributed by atoms with Crippen LogP contribution in [-0.2, 0) is 13.6 Å². The van der Waals surface area contributed by atoms with Crippen LogP contribution in [0.4, 0.5) is 0 Å². The van der Waals surface area contributed by atoms with Gasteiger partial charge in [0.2, 0.25) is 0 Å². The molecule has 4 heteroatoms. The minimum atomic E-state index is 0. The van der Waals surface area contributed by atoms with E-state index in [4.69, 9.17) is 0 Å². The zero-order valence-electron chi connectivity index (χ0n) is 24.3. The fraction of sp³-hybridized carbons (Fsp3) is 0.417. The quantitative estimate of drug-likeness (QED) is 0.203. The number of para-hydroxylation sites is 1. The first kappa shape index (κ1) is 27.2. The molecule has 1 fully saturated rings. The van der Waals surface area contributed by atoms with Crippen molar-refractivity contribution in [1.29, 1.82) is 0 Å². The number of aryl methyl sites for hydroxylation is 1. The lowest BCUT2D eigenvalue weighted by molar-refractivity contribution is 0.102. The van der Waals surface area contributed by atoms with Gasteiger partial charge in [0.15, 0.2) is 5.78 Å². The largest absolute Gasteiger partial charge is 0.350 e. The highest BCUT2D eigenvalue weighted by Gasteiger charge is 2.31. The summed E-state index contributed by atoms with van der Waals surface area (Å²) in [5.74, 6) is 1.71. The minimum absolute atomic E-state index is 0. The Morgan fingerprint density at radius 3 is 2.52 bits per heavy atom. The number of carbonyl (C=O) groups excluding carboxylic acids is 1. The predicted molar refractivity (Wildman–Crippen MR) is 172 cm³/mol. The minimum Gasteiger partial charge on any atom is -0.350 e. The lowest BCUT2D eigenvalue weighted by atomic mass is 9.74. The van der Waals surface area contributed by atoms with Gasteiger partial charge in [-0.25, -0.2) is 0 Å². The second kappa shape index (κ2) is 11.9. The molecule has 6 rings (SSSR count). The molecule has 0 N–H and O–H groups in total. The number of fused-ring (bicyclic) bond motifs is 1.